The van der Waals surface area contributed by atoms with Gasteiger partial charge in [-0.05, 0) is 29.5 Å². The summed E-state index contributed by atoms with van der Waals surface area (Å²) < 4.78 is 0. The summed E-state index contributed by atoms with van der Waals surface area (Å²) >= 11 is 6.20. The van der Waals surface area contributed by atoms with Gasteiger partial charge in [0, 0.05) is 11.1 Å². The van der Waals surface area contributed by atoms with Crippen molar-refractivity contribution in [3.05, 3.63) is 51.8 Å². The third kappa shape index (κ3) is 2.46. The van der Waals surface area contributed by atoms with E-state index in [0.29, 0.717) is 5.02 Å². The van der Waals surface area contributed by atoms with Crippen LogP contribution >= 0.6 is 11.6 Å². The summed E-state index contributed by atoms with van der Waals surface area (Å²) in [6.07, 6.45) is 0.793. The van der Waals surface area contributed by atoms with Crippen LogP contribution in [0, 0.1) is 5.92 Å². The summed E-state index contributed by atoms with van der Waals surface area (Å²) in [6.45, 7) is 2.04. The smallest absolute Gasteiger partial charge is 0.353 e. The monoisotopic (exact) mass is 319 g/mol. The lowest BCUT2D eigenvalue weighted by molar-refractivity contribution is 0.0690. The summed E-state index contributed by atoms with van der Waals surface area (Å²) in [6, 6.07) is 6.70. The minimum absolute atomic E-state index is 0.0556. The van der Waals surface area contributed by atoms with Crippen molar-refractivity contribution in [3.8, 4) is 0 Å². The van der Waals surface area contributed by atoms with E-state index in [4.69, 9.17) is 16.7 Å². The van der Waals surface area contributed by atoms with Crippen molar-refractivity contribution in [2.75, 3.05) is 0 Å². The van der Waals surface area contributed by atoms with E-state index >= 15 is 0 Å². The zero-order valence-corrected chi connectivity index (χ0v) is 12.5. The number of carbonyl (C=O) groups is 2. The molecule has 0 bridgehead atoms. The van der Waals surface area contributed by atoms with Gasteiger partial charge in [-0.3, -0.25) is 9.89 Å². The SMILES string of the molecule is C[C@@H]1Cc2c(Cl)cccc2[C@@H]1NC(=O)c1cc(C(=O)O)[nH]n1. The first-order valence-electron chi connectivity index (χ1n) is 6.84. The molecule has 0 saturated heterocycles. The summed E-state index contributed by atoms with van der Waals surface area (Å²) in [5.74, 6) is -1.36. The van der Waals surface area contributed by atoms with Crippen molar-refractivity contribution < 1.29 is 14.7 Å². The van der Waals surface area contributed by atoms with Crippen molar-refractivity contribution in [1.82, 2.24) is 15.5 Å². The van der Waals surface area contributed by atoms with Gasteiger partial charge >= 0.3 is 5.97 Å². The van der Waals surface area contributed by atoms with Gasteiger partial charge in [0.2, 0.25) is 0 Å². The highest BCUT2D eigenvalue weighted by Crippen LogP contribution is 2.39. The Balaban J connectivity index is 1.82. The van der Waals surface area contributed by atoms with Crippen LogP contribution in [-0.4, -0.2) is 27.2 Å². The molecule has 1 heterocycles. The van der Waals surface area contributed by atoms with Crippen LogP contribution in [0.3, 0.4) is 0 Å². The van der Waals surface area contributed by atoms with Gasteiger partial charge in [-0.15, -0.1) is 0 Å². The molecule has 114 valence electrons. The second-order valence-corrected chi connectivity index (χ2v) is 5.82. The van der Waals surface area contributed by atoms with Crippen molar-refractivity contribution in [2.45, 2.75) is 19.4 Å². The molecule has 22 heavy (non-hydrogen) atoms. The van der Waals surface area contributed by atoms with E-state index in [1.54, 1.807) is 0 Å². The molecular weight excluding hydrogens is 306 g/mol. The van der Waals surface area contributed by atoms with Crippen LogP contribution in [0.15, 0.2) is 24.3 Å². The molecule has 1 amide bonds. The summed E-state index contributed by atoms with van der Waals surface area (Å²) in [7, 11) is 0. The number of carboxylic acids is 1. The Morgan fingerprint density at radius 1 is 1.45 bits per heavy atom. The first-order valence-corrected chi connectivity index (χ1v) is 7.22. The number of rotatable bonds is 3. The van der Waals surface area contributed by atoms with E-state index in [1.807, 2.05) is 25.1 Å². The third-order valence-electron chi connectivity index (χ3n) is 3.91. The number of fused-ring (bicyclic) bond motifs is 1. The molecule has 0 radical (unpaired) electrons. The topological polar surface area (TPSA) is 95.1 Å². The molecule has 1 aliphatic carbocycles. The zero-order chi connectivity index (χ0) is 15.9. The number of halogens is 1. The number of nitrogens with zero attached hydrogens (tertiary/aromatic N) is 1. The number of aromatic carboxylic acids is 1. The highest BCUT2D eigenvalue weighted by molar-refractivity contribution is 6.31. The Labute approximate surface area is 131 Å². The Hall–Kier alpha value is -2.34. The van der Waals surface area contributed by atoms with Crippen LogP contribution in [0.25, 0.3) is 0 Å². The molecule has 3 rings (SSSR count). The summed E-state index contributed by atoms with van der Waals surface area (Å²) in [5, 5.41) is 18.5. The maximum Gasteiger partial charge on any atom is 0.353 e. The fourth-order valence-electron chi connectivity index (χ4n) is 2.81. The number of hydrogen-bond acceptors (Lipinski definition) is 3. The van der Waals surface area contributed by atoms with Gasteiger partial charge in [-0.2, -0.15) is 5.10 Å². The molecule has 0 spiro atoms. The normalized spacial score (nSPS) is 19.7. The quantitative estimate of drug-likeness (QED) is 0.809. The van der Waals surface area contributed by atoms with E-state index in [0.717, 1.165) is 17.5 Å². The van der Waals surface area contributed by atoms with Crippen molar-refractivity contribution in [3.63, 3.8) is 0 Å². The van der Waals surface area contributed by atoms with Crippen LogP contribution in [0.2, 0.25) is 5.02 Å². The second kappa shape index (κ2) is 5.46. The maximum atomic E-state index is 12.3. The first-order chi connectivity index (χ1) is 10.5. The molecule has 7 heteroatoms. The lowest BCUT2D eigenvalue weighted by Crippen LogP contribution is -2.30. The largest absolute Gasteiger partial charge is 0.477 e. The molecule has 6 nitrogen and oxygen atoms in total. The van der Waals surface area contributed by atoms with Crippen molar-refractivity contribution in [1.29, 1.82) is 0 Å². The number of carboxylic acid groups (broad SMARTS) is 1. The molecule has 3 N–H and O–H groups in total. The van der Waals surface area contributed by atoms with E-state index in [9.17, 15) is 9.59 Å². The second-order valence-electron chi connectivity index (χ2n) is 5.41. The highest BCUT2D eigenvalue weighted by atomic mass is 35.5. The van der Waals surface area contributed by atoms with Gasteiger partial charge in [0.15, 0.2) is 5.69 Å². The number of aromatic nitrogens is 2. The van der Waals surface area contributed by atoms with E-state index in [2.05, 4.69) is 15.5 Å². The van der Waals surface area contributed by atoms with Crippen LogP contribution in [-0.2, 0) is 6.42 Å². The number of nitrogens with one attached hydrogen (secondary N) is 2. The molecule has 2 aromatic rings. The van der Waals surface area contributed by atoms with Gasteiger partial charge in [-0.25, -0.2) is 4.79 Å². The summed E-state index contributed by atoms with van der Waals surface area (Å²) in [5.41, 5.74) is 1.99. The van der Waals surface area contributed by atoms with Gasteiger partial charge in [-0.1, -0.05) is 30.7 Å². The molecule has 2 atom stereocenters. The number of amides is 1. The van der Waals surface area contributed by atoms with Crippen LogP contribution in [0.4, 0.5) is 0 Å². The van der Waals surface area contributed by atoms with E-state index in [1.165, 1.54) is 6.07 Å². The Morgan fingerprint density at radius 2 is 2.23 bits per heavy atom. The minimum Gasteiger partial charge on any atom is -0.477 e. The molecule has 0 unspecified atom stereocenters. The molecule has 0 aliphatic heterocycles. The third-order valence-corrected chi connectivity index (χ3v) is 4.27. The van der Waals surface area contributed by atoms with E-state index < -0.39 is 11.9 Å². The van der Waals surface area contributed by atoms with Crippen LogP contribution in [0.5, 0.6) is 0 Å². The molecule has 0 fully saturated rings. The minimum atomic E-state index is -1.15. The number of carbonyl (C=O) groups excluding carboxylic acids is 1. The Kier molecular flexibility index (Phi) is 3.62. The lowest BCUT2D eigenvalue weighted by atomic mass is 10.0. The molecule has 1 aromatic heterocycles. The van der Waals surface area contributed by atoms with Crippen molar-refractivity contribution in [2.24, 2.45) is 5.92 Å². The number of aromatic amines is 1. The Bertz CT molecular complexity index is 756. The van der Waals surface area contributed by atoms with Crippen LogP contribution < -0.4 is 5.32 Å². The fourth-order valence-corrected chi connectivity index (χ4v) is 3.07. The predicted octanol–water partition coefficient (Wildman–Crippen LogP) is 2.42. The van der Waals surface area contributed by atoms with Gasteiger partial charge in [0.05, 0.1) is 6.04 Å². The molecular formula is C15H14ClN3O3. The van der Waals surface area contributed by atoms with Crippen molar-refractivity contribution >= 4 is 23.5 Å². The fraction of sp³-hybridized carbons (Fsp3) is 0.267. The number of H-pyrrole nitrogens is 1. The average molecular weight is 320 g/mol. The van der Waals surface area contributed by atoms with Gasteiger partial charge < -0.3 is 10.4 Å². The van der Waals surface area contributed by atoms with Crippen LogP contribution in [0.1, 0.15) is 45.1 Å². The maximum absolute atomic E-state index is 12.3. The molecule has 1 aliphatic rings. The zero-order valence-electron chi connectivity index (χ0n) is 11.8. The molecule has 1 aromatic carbocycles. The van der Waals surface area contributed by atoms with E-state index in [-0.39, 0.29) is 23.3 Å². The lowest BCUT2D eigenvalue weighted by Gasteiger charge is -2.18. The van der Waals surface area contributed by atoms with Gasteiger partial charge in [0.1, 0.15) is 5.69 Å². The standard InChI is InChI=1S/C15H14ClN3O3/c1-7-5-9-8(3-2-4-10(9)16)13(7)17-14(20)11-6-12(15(21)22)19-18-11/h2-4,6-7,13H,5H2,1H3,(H,17,20)(H,18,19)(H,21,22)/t7-,13-/m1/s1. The predicted molar refractivity (Wildman–Crippen MR) is 80.1 cm³/mol. The number of hydrogen-bond donors (Lipinski definition) is 3. The first kappa shape index (κ1) is 14.6. The summed E-state index contributed by atoms with van der Waals surface area (Å²) in [4.78, 5) is 23.1. The number of benzene rings is 1. The average Bonchev–Trinajstić information content (AvgIpc) is 3.07. The Morgan fingerprint density at radius 3 is 2.91 bits per heavy atom. The van der Waals surface area contributed by atoms with Gasteiger partial charge in [0.25, 0.3) is 5.91 Å². The highest BCUT2D eigenvalue weighted by Gasteiger charge is 2.32. The molecule has 0 saturated carbocycles.